The normalized spacial score (nSPS) is 10.3. The minimum Gasteiger partial charge on any atom is -0.502 e. The van der Waals surface area contributed by atoms with Gasteiger partial charge in [-0.1, -0.05) is 30.3 Å². The summed E-state index contributed by atoms with van der Waals surface area (Å²) in [6.45, 7) is -0.253. The van der Waals surface area contributed by atoms with E-state index in [2.05, 4.69) is 0 Å². The number of para-hydroxylation sites is 3. The van der Waals surface area contributed by atoms with E-state index in [1.54, 1.807) is 42.5 Å². The average molecular weight is 396 g/mol. The molecule has 3 aromatic carbocycles. The molecule has 0 spiro atoms. The van der Waals surface area contributed by atoms with Crippen molar-refractivity contribution in [3.05, 3.63) is 98.1 Å². The van der Waals surface area contributed by atoms with E-state index in [0.717, 1.165) is 0 Å². The Hall–Kier alpha value is -4.14. The molecule has 3 aromatic rings. The number of rotatable bonds is 8. The quantitative estimate of drug-likeness (QED) is 0.443. The van der Waals surface area contributed by atoms with Gasteiger partial charge in [-0.15, -0.1) is 0 Å². The number of phenols is 1. The average Bonchev–Trinajstić information content (AvgIpc) is 2.72. The molecule has 0 unspecified atom stereocenters. The predicted molar refractivity (Wildman–Crippen MR) is 103 cm³/mol. The van der Waals surface area contributed by atoms with Crippen molar-refractivity contribution < 1.29 is 24.4 Å². The highest BCUT2D eigenvalue weighted by Gasteiger charge is 2.17. The van der Waals surface area contributed by atoms with Gasteiger partial charge in [0.2, 0.25) is 5.75 Å². The van der Waals surface area contributed by atoms with Crippen LogP contribution < -0.4 is 9.47 Å². The lowest BCUT2D eigenvalue weighted by molar-refractivity contribution is -0.386. The minimum atomic E-state index is -0.509. The van der Waals surface area contributed by atoms with Crippen LogP contribution in [-0.4, -0.2) is 15.0 Å². The lowest BCUT2D eigenvalue weighted by Crippen LogP contribution is -2.02. The van der Waals surface area contributed by atoms with Gasteiger partial charge in [-0.3, -0.25) is 20.2 Å². The van der Waals surface area contributed by atoms with Gasteiger partial charge in [-0.25, -0.2) is 0 Å². The van der Waals surface area contributed by atoms with Crippen LogP contribution in [0.5, 0.6) is 17.2 Å². The molecule has 9 nitrogen and oxygen atoms in total. The van der Waals surface area contributed by atoms with E-state index in [9.17, 15) is 25.3 Å². The van der Waals surface area contributed by atoms with Gasteiger partial charge in [0.15, 0.2) is 11.5 Å². The Morgan fingerprint density at radius 1 is 0.690 bits per heavy atom. The predicted octanol–water partition coefficient (Wildman–Crippen LogP) is 4.37. The molecule has 3 rings (SSSR count). The van der Waals surface area contributed by atoms with Crippen LogP contribution in [0.15, 0.2) is 66.7 Å². The fourth-order valence-corrected chi connectivity index (χ4v) is 2.67. The van der Waals surface area contributed by atoms with Gasteiger partial charge in [-0.2, -0.15) is 0 Å². The molecule has 0 aromatic heterocycles. The van der Waals surface area contributed by atoms with Gasteiger partial charge in [-0.05, 0) is 24.3 Å². The summed E-state index contributed by atoms with van der Waals surface area (Å²) in [6.07, 6.45) is 0. The van der Waals surface area contributed by atoms with Crippen molar-refractivity contribution in [3.63, 3.8) is 0 Å². The number of nitrogens with zero attached hydrogens (tertiary/aromatic N) is 2. The Bertz CT molecular complexity index is 973. The largest absolute Gasteiger partial charge is 0.502 e. The molecule has 0 fully saturated rings. The van der Waals surface area contributed by atoms with Gasteiger partial charge in [0.1, 0.15) is 13.2 Å². The van der Waals surface area contributed by atoms with Gasteiger partial charge in [0.25, 0.3) is 11.4 Å². The maximum absolute atomic E-state index is 11.1. The Morgan fingerprint density at radius 3 is 1.52 bits per heavy atom. The van der Waals surface area contributed by atoms with E-state index in [0.29, 0.717) is 11.1 Å². The summed E-state index contributed by atoms with van der Waals surface area (Å²) in [5.41, 5.74) is 0.526. The highest BCUT2D eigenvalue weighted by molar-refractivity contribution is 5.50. The molecule has 0 saturated carbocycles. The molecule has 9 heteroatoms. The second kappa shape index (κ2) is 8.70. The smallest absolute Gasteiger partial charge is 0.276 e. The minimum absolute atomic E-state index is 0.0724. The number of nitro benzene ring substituents is 2. The third-order valence-corrected chi connectivity index (χ3v) is 4.10. The summed E-state index contributed by atoms with van der Waals surface area (Å²) in [6, 6.07) is 16.8. The number of hydrogen-bond acceptors (Lipinski definition) is 7. The number of aromatic hydroxyl groups is 1. The molecular weight excluding hydrogens is 380 g/mol. The molecule has 0 aliphatic heterocycles. The fourth-order valence-electron chi connectivity index (χ4n) is 2.67. The van der Waals surface area contributed by atoms with Crippen LogP contribution in [0, 0.1) is 20.2 Å². The van der Waals surface area contributed by atoms with Crippen LogP contribution in [0.4, 0.5) is 11.4 Å². The number of ether oxygens (including phenoxy) is 2. The summed E-state index contributed by atoms with van der Waals surface area (Å²) in [5, 5.41) is 32.5. The molecule has 0 saturated heterocycles. The zero-order chi connectivity index (χ0) is 20.8. The van der Waals surface area contributed by atoms with Crippen molar-refractivity contribution in [1.29, 1.82) is 0 Å². The van der Waals surface area contributed by atoms with Crippen molar-refractivity contribution in [3.8, 4) is 17.2 Å². The molecule has 0 radical (unpaired) electrons. The number of phenolic OH excluding ortho intramolecular Hbond substituents is 1. The van der Waals surface area contributed by atoms with Gasteiger partial charge in [0.05, 0.1) is 21.0 Å². The SMILES string of the molecule is O=[N+]([O-])c1ccccc1COc1cccc(OCc2ccccc2[N+](=O)[O-])c1O. The maximum atomic E-state index is 11.1. The highest BCUT2D eigenvalue weighted by Crippen LogP contribution is 2.37. The van der Waals surface area contributed by atoms with Crippen LogP contribution >= 0.6 is 0 Å². The Morgan fingerprint density at radius 2 is 1.10 bits per heavy atom. The molecule has 0 aliphatic carbocycles. The van der Waals surface area contributed by atoms with Crippen molar-refractivity contribution >= 4 is 11.4 Å². The topological polar surface area (TPSA) is 125 Å². The molecule has 0 aliphatic rings. The Labute approximate surface area is 165 Å². The highest BCUT2D eigenvalue weighted by atomic mass is 16.6. The van der Waals surface area contributed by atoms with E-state index in [-0.39, 0.29) is 41.8 Å². The van der Waals surface area contributed by atoms with Crippen molar-refractivity contribution in [2.24, 2.45) is 0 Å². The lowest BCUT2D eigenvalue weighted by Gasteiger charge is -2.12. The van der Waals surface area contributed by atoms with Crippen LogP contribution in [-0.2, 0) is 13.2 Å². The van der Waals surface area contributed by atoms with Crippen LogP contribution in [0.25, 0.3) is 0 Å². The van der Waals surface area contributed by atoms with Crippen molar-refractivity contribution in [2.45, 2.75) is 13.2 Å². The second-order valence-corrected chi connectivity index (χ2v) is 5.95. The monoisotopic (exact) mass is 396 g/mol. The van der Waals surface area contributed by atoms with Crippen LogP contribution in [0.2, 0.25) is 0 Å². The van der Waals surface area contributed by atoms with E-state index in [4.69, 9.17) is 9.47 Å². The number of benzene rings is 3. The first-order valence-electron chi connectivity index (χ1n) is 8.49. The first-order valence-corrected chi connectivity index (χ1v) is 8.49. The summed E-state index contributed by atoms with van der Waals surface area (Å²) in [7, 11) is 0. The summed E-state index contributed by atoms with van der Waals surface area (Å²) in [5.74, 6) is -0.156. The second-order valence-electron chi connectivity index (χ2n) is 5.95. The standard InChI is InChI=1S/C20H16N2O7/c23-20-18(28-12-14-6-1-3-8-16(14)21(24)25)10-5-11-19(20)29-13-15-7-2-4-9-17(15)22(26)27/h1-11,23H,12-13H2. The molecule has 29 heavy (non-hydrogen) atoms. The zero-order valence-electron chi connectivity index (χ0n) is 15.1. The van der Waals surface area contributed by atoms with Gasteiger partial charge in [0, 0.05) is 12.1 Å². The van der Waals surface area contributed by atoms with E-state index in [1.165, 1.54) is 24.3 Å². The lowest BCUT2D eigenvalue weighted by atomic mass is 10.2. The van der Waals surface area contributed by atoms with E-state index < -0.39 is 9.85 Å². The summed E-state index contributed by atoms with van der Waals surface area (Å²) in [4.78, 5) is 21.1. The van der Waals surface area contributed by atoms with Crippen molar-refractivity contribution in [2.75, 3.05) is 0 Å². The van der Waals surface area contributed by atoms with Gasteiger partial charge < -0.3 is 14.6 Å². The summed E-state index contributed by atoms with van der Waals surface area (Å²) < 4.78 is 11.1. The molecule has 0 atom stereocenters. The van der Waals surface area contributed by atoms with Crippen LogP contribution in [0.1, 0.15) is 11.1 Å². The molecule has 0 bridgehead atoms. The molecule has 148 valence electrons. The Balaban J connectivity index is 1.74. The number of nitro groups is 2. The van der Waals surface area contributed by atoms with E-state index in [1.807, 2.05) is 0 Å². The summed E-state index contributed by atoms with van der Waals surface area (Å²) >= 11 is 0. The van der Waals surface area contributed by atoms with E-state index >= 15 is 0 Å². The third-order valence-electron chi connectivity index (χ3n) is 4.10. The van der Waals surface area contributed by atoms with Crippen LogP contribution in [0.3, 0.4) is 0 Å². The molecule has 0 heterocycles. The fraction of sp³-hybridized carbons (Fsp3) is 0.100. The molecular formula is C20H16N2O7. The first-order chi connectivity index (χ1) is 14.0. The molecule has 0 amide bonds. The van der Waals surface area contributed by atoms with Crippen molar-refractivity contribution in [1.82, 2.24) is 0 Å². The number of hydrogen-bond donors (Lipinski definition) is 1. The maximum Gasteiger partial charge on any atom is 0.276 e. The Kier molecular flexibility index (Phi) is 5.88. The van der Waals surface area contributed by atoms with Gasteiger partial charge >= 0.3 is 0 Å². The zero-order valence-corrected chi connectivity index (χ0v) is 15.1. The molecule has 1 N–H and O–H groups in total. The third kappa shape index (κ3) is 4.59. The first kappa shape index (κ1) is 19.6.